The van der Waals surface area contributed by atoms with E-state index in [2.05, 4.69) is 11.8 Å². The molecule has 0 bridgehead atoms. The summed E-state index contributed by atoms with van der Waals surface area (Å²) in [5.41, 5.74) is -0.198. The molecular formula is C13H23NO4. The molecule has 0 aromatic rings. The van der Waals surface area contributed by atoms with Crippen LogP contribution in [0.3, 0.4) is 0 Å². The van der Waals surface area contributed by atoms with Gasteiger partial charge in [-0.2, -0.15) is 0 Å². The van der Waals surface area contributed by atoms with Crippen LogP contribution < -0.4 is 0 Å². The SMILES string of the molecule is CCOC(=O)CC1(N2CCOCC2)CCOC1C. The zero-order valence-corrected chi connectivity index (χ0v) is 11.3. The number of rotatable bonds is 4. The summed E-state index contributed by atoms with van der Waals surface area (Å²) in [7, 11) is 0. The zero-order valence-electron chi connectivity index (χ0n) is 11.3. The van der Waals surface area contributed by atoms with Gasteiger partial charge in [-0.1, -0.05) is 0 Å². The van der Waals surface area contributed by atoms with Crippen LogP contribution in [0, 0.1) is 0 Å². The molecule has 2 saturated heterocycles. The van der Waals surface area contributed by atoms with Crippen LogP contribution in [0.2, 0.25) is 0 Å². The molecule has 0 aliphatic carbocycles. The van der Waals surface area contributed by atoms with Gasteiger partial charge in [0.25, 0.3) is 0 Å². The van der Waals surface area contributed by atoms with Crippen molar-refractivity contribution in [3.63, 3.8) is 0 Å². The van der Waals surface area contributed by atoms with Gasteiger partial charge in [-0.15, -0.1) is 0 Å². The Kier molecular flexibility index (Phi) is 4.59. The average molecular weight is 257 g/mol. The first-order valence-corrected chi connectivity index (χ1v) is 6.79. The highest BCUT2D eigenvalue weighted by molar-refractivity contribution is 5.71. The molecule has 0 amide bonds. The summed E-state index contributed by atoms with van der Waals surface area (Å²) in [5, 5.41) is 0. The molecule has 5 nitrogen and oxygen atoms in total. The lowest BCUT2D eigenvalue weighted by Crippen LogP contribution is -2.58. The first-order valence-electron chi connectivity index (χ1n) is 6.79. The Morgan fingerprint density at radius 3 is 2.67 bits per heavy atom. The van der Waals surface area contributed by atoms with Gasteiger partial charge >= 0.3 is 5.97 Å². The molecule has 2 aliphatic heterocycles. The molecule has 0 aromatic carbocycles. The van der Waals surface area contributed by atoms with E-state index in [9.17, 15) is 4.79 Å². The number of hydrogen-bond donors (Lipinski definition) is 0. The van der Waals surface area contributed by atoms with Crippen LogP contribution >= 0.6 is 0 Å². The maximum atomic E-state index is 11.9. The van der Waals surface area contributed by atoms with Crippen molar-refractivity contribution in [2.75, 3.05) is 39.5 Å². The molecule has 0 aromatic heterocycles. The van der Waals surface area contributed by atoms with Crippen molar-refractivity contribution in [1.82, 2.24) is 4.90 Å². The predicted octanol–water partition coefficient (Wildman–Crippen LogP) is 0.819. The molecule has 2 unspecified atom stereocenters. The van der Waals surface area contributed by atoms with Gasteiger partial charge in [0.05, 0.1) is 37.9 Å². The van der Waals surface area contributed by atoms with Gasteiger partial charge < -0.3 is 14.2 Å². The second-order valence-corrected chi connectivity index (χ2v) is 4.95. The number of carbonyl (C=O) groups excluding carboxylic acids is 1. The highest BCUT2D eigenvalue weighted by atomic mass is 16.5. The van der Waals surface area contributed by atoms with Crippen LogP contribution in [-0.2, 0) is 19.0 Å². The molecule has 2 aliphatic rings. The molecule has 0 saturated carbocycles. The van der Waals surface area contributed by atoms with E-state index in [-0.39, 0.29) is 17.6 Å². The quantitative estimate of drug-likeness (QED) is 0.698. The number of nitrogens with zero attached hydrogens (tertiary/aromatic N) is 1. The lowest BCUT2D eigenvalue weighted by Gasteiger charge is -2.44. The largest absolute Gasteiger partial charge is 0.466 e. The number of morpholine rings is 1. The van der Waals surface area contributed by atoms with Crippen molar-refractivity contribution in [1.29, 1.82) is 0 Å². The minimum absolute atomic E-state index is 0.0695. The van der Waals surface area contributed by atoms with Crippen molar-refractivity contribution in [3.8, 4) is 0 Å². The summed E-state index contributed by atoms with van der Waals surface area (Å²) in [5.74, 6) is -0.124. The molecular weight excluding hydrogens is 234 g/mol. The third kappa shape index (κ3) is 2.68. The number of hydrogen-bond acceptors (Lipinski definition) is 5. The first kappa shape index (κ1) is 13.8. The van der Waals surface area contributed by atoms with Gasteiger partial charge in [0, 0.05) is 19.7 Å². The normalized spacial score (nSPS) is 33.6. The molecule has 18 heavy (non-hydrogen) atoms. The number of carbonyl (C=O) groups is 1. The Morgan fingerprint density at radius 1 is 1.39 bits per heavy atom. The van der Waals surface area contributed by atoms with E-state index in [1.807, 2.05) is 6.92 Å². The van der Waals surface area contributed by atoms with Gasteiger partial charge in [0.15, 0.2) is 0 Å². The third-order valence-corrected chi connectivity index (χ3v) is 4.06. The summed E-state index contributed by atoms with van der Waals surface area (Å²) in [6, 6.07) is 0. The fourth-order valence-electron chi connectivity index (χ4n) is 3.00. The summed E-state index contributed by atoms with van der Waals surface area (Å²) < 4.78 is 16.2. The standard InChI is InChI=1S/C13H23NO4/c1-3-17-12(15)10-13(4-7-18-11(13)2)14-5-8-16-9-6-14/h11H,3-10H2,1-2H3. The van der Waals surface area contributed by atoms with Gasteiger partial charge in [-0.05, 0) is 20.3 Å². The third-order valence-electron chi connectivity index (χ3n) is 4.06. The molecule has 0 N–H and O–H groups in total. The molecule has 0 spiro atoms. The second kappa shape index (κ2) is 5.99. The molecule has 2 rings (SSSR count). The Hall–Kier alpha value is -0.650. The Balaban J connectivity index is 2.09. The number of ether oxygens (including phenoxy) is 3. The fraction of sp³-hybridized carbons (Fsp3) is 0.923. The van der Waals surface area contributed by atoms with E-state index >= 15 is 0 Å². The predicted molar refractivity (Wildman–Crippen MR) is 66.4 cm³/mol. The van der Waals surface area contributed by atoms with Crippen LogP contribution in [0.25, 0.3) is 0 Å². The Labute approximate surface area is 108 Å². The van der Waals surface area contributed by atoms with E-state index in [4.69, 9.17) is 14.2 Å². The van der Waals surface area contributed by atoms with Gasteiger partial charge in [-0.25, -0.2) is 0 Å². The monoisotopic (exact) mass is 257 g/mol. The van der Waals surface area contributed by atoms with Crippen LogP contribution in [-0.4, -0.2) is 62.0 Å². The lowest BCUT2D eigenvalue weighted by molar-refractivity contribution is -0.149. The molecule has 0 radical (unpaired) electrons. The summed E-state index contributed by atoms with van der Waals surface area (Å²) >= 11 is 0. The minimum atomic E-state index is -0.198. The molecule has 5 heteroatoms. The van der Waals surface area contributed by atoms with Crippen molar-refractivity contribution >= 4 is 5.97 Å². The van der Waals surface area contributed by atoms with Crippen molar-refractivity contribution < 1.29 is 19.0 Å². The van der Waals surface area contributed by atoms with Crippen LogP contribution in [0.4, 0.5) is 0 Å². The fourth-order valence-corrected chi connectivity index (χ4v) is 3.00. The maximum Gasteiger partial charge on any atom is 0.307 e. The Morgan fingerprint density at radius 2 is 2.11 bits per heavy atom. The van der Waals surface area contributed by atoms with E-state index < -0.39 is 0 Å². The first-order chi connectivity index (χ1) is 8.69. The minimum Gasteiger partial charge on any atom is -0.466 e. The summed E-state index contributed by atoms with van der Waals surface area (Å²) in [6.07, 6.45) is 1.38. The van der Waals surface area contributed by atoms with Crippen LogP contribution in [0.1, 0.15) is 26.7 Å². The summed E-state index contributed by atoms with van der Waals surface area (Å²) in [4.78, 5) is 14.2. The molecule has 2 fully saturated rings. The van der Waals surface area contributed by atoms with Crippen LogP contribution in [0.15, 0.2) is 0 Å². The summed E-state index contributed by atoms with van der Waals surface area (Å²) in [6.45, 7) is 8.26. The van der Waals surface area contributed by atoms with Gasteiger partial charge in [0.1, 0.15) is 0 Å². The lowest BCUT2D eigenvalue weighted by atomic mass is 9.85. The zero-order chi connectivity index (χ0) is 13.0. The van der Waals surface area contributed by atoms with Crippen molar-refractivity contribution in [2.45, 2.75) is 38.3 Å². The molecule has 2 atom stereocenters. The Bertz CT molecular complexity index is 291. The molecule has 104 valence electrons. The van der Waals surface area contributed by atoms with Crippen molar-refractivity contribution in [3.05, 3.63) is 0 Å². The maximum absolute atomic E-state index is 11.9. The topological polar surface area (TPSA) is 48.0 Å². The van der Waals surface area contributed by atoms with E-state index in [1.165, 1.54) is 0 Å². The molecule has 2 heterocycles. The van der Waals surface area contributed by atoms with E-state index in [1.54, 1.807) is 0 Å². The highest BCUT2D eigenvalue weighted by Gasteiger charge is 2.48. The smallest absolute Gasteiger partial charge is 0.307 e. The van der Waals surface area contributed by atoms with Crippen LogP contribution in [0.5, 0.6) is 0 Å². The van der Waals surface area contributed by atoms with E-state index in [0.29, 0.717) is 13.0 Å². The number of esters is 1. The second-order valence-electron chi connectivity index (χ2n) is 4.95. The highest BCUT2D eigenvalue weighted by Crippen LogP contribution is 2.36. The van der Waals surface area contributed by atoms with Gasteiger partial charge in [0.2, 0.25) is 0 Å². The van der Waals surface area contributed by atoms with E-state index in [0.717, 1.165) is 39.3 Å². The average Bonchev–Trinajstić information content (AvgIpc) is 2.73. The van der Waals surface area contributed by atoms with Crippen molar-refractivity contribution in [2.24, 2.45) is 0 Å². The van der Waals surface area contributed by atoms with Gasteiger partial charge in [-0.3, -0.25) is 9.69 Å².